The van der Waals surface area contributed by atoms with Gasteiger partial charge in [-0.25, -0.2) is 8.42 Å². The van der Waals surface area contributed by atoms with Crippen LogP contribution in [0, 0.1) is 0 Å². The van der Waals surface area contributed by atoms with Gasteiger partial charge in [0.15, 0.2) is 0 Å². The lowest BCUT2D eigenvalue weighted by Crippen LogP contribution is -2.53. The van der Waals surface area contributed by atoms with E-state index in [-0.39, 0.29) is 53.5 Å². The summed E-state index contributed by atoms with van der Waals surface area (Å²) in [6.45, 7) is 4.94. The average molecular weight is 517 g/mol. The number of carbonyl (C=O) groups is 1. The number of sulfonamides is 1. The second-order valence-corrected chi connectivity index (χ2v) is 12.9. The molecule has 4 atom stereocenters. The van der Waals surface area contributed by atoms with E-state index in [4.69, 9.17) is 0 Å². The molecule has 0 aliphatic carbocycles. The molecule has 2 unspecified atom stereocenters. The van der Waals surface area contributed by atoms with Crippen LogP contribution in [0.25, 0.3) is 10.9 Å². The van der Waals surface area contributed by atoms with Crippen LogP contribution in [0.5, 0.6) is 0 Å². The lowest BCUT2D eigenvalue weighted by atomic mass is 9.96. The van der Waals surface area contributed by atoms with Gasteiger partial charge in [0.25, 0.3) is 11.5 Å². The van der Waals surface area contributed by atoms with E-state index in [1.165, 1.54) is 4.31 Å². The van der Waals surface area contributed by atoms with Gasteiger partial charge in [0.1, 0.15) is 5.56 Å². The predicted molar refractivity (Wildman–Crippen MR) is 139 cm³/mol. The number of amides is 1. The van der Waals surface area contributed by atoms with E-state index in [1.54, 1.807) is 10.6 Å². The molecule has 3 aliphatic heterocycles. The summed E-state index contributed by atoms with van der Waals surface area (Å²) in [5.41, 5.74) is 0.710. The lowest BCUT2D eigenvalue weighted by molar-refractivity contribution is 0.0437. The molecular formula is C26H36N4O5S. The SMILES string of the molecule is CC(C)n1c(=O)c(C(=O)NC2C[C@H]3CC[C@@H](C2)N3CC(O)CN2CCCS2(=O)=O)cc2ccccc21. The summed E-state index contributed by atoms with van der Waals surface area (Å²) in [6.07, 6.45) is 3.36. The van der Waals surface area contributed by atoms with Crippen molar-refractivity contribution in [2.45, 2.75) is 76.2 Å². The number of aliphatic hydroxyl groups excluding tert-OH is 1. The average Bonchev–Trinajstić information content (AvgIpc) is 3.25. The predicted octanol–water partition coefficient (Wildman–Crippen LogP) is 1.70. The Morgan fingerprint density at radius 1 is 1.14 bits per heavy atom. The number of hydrogen-bond acceptors (Lipinski definition) is 6. The zero-order valence-electron chi connectivity index (χ0n) is 21.0. The van der Waals surface area contributed by atoms with Crippen LogP contribution in [-0.2, 0) is 10.0 Å². The number of benzene rings is 1. The summed E-state index contributed by atoms with van der Waals surface area (Å²) in [4.78, 5) is 28.8. The van der Waals surface area contributed by atoms with E-state index < -0.39 is 16.1 Å². The summed E-state index contributed by atoms with van der Waals surface area (Å²) >= 11 is 0. The zero-order chi connectivity index (χ0) is 25.6. The zero-order valence-corrected chi connectivity index (χ0v) is 21.8. The molecule has 1 aromatic carbocycles. The van der Waals surface area contributed by atoms with Gasteiger partial charge in [-0.2, -0.15) is 4.31 Å². The highest BCUT2D eigenvalue weighted by atomic mass is 32.2. The van der Waals surface area contributed by atoms with Crippen LogP contribution < -0.4 is 10.9 Å². The van der Waals surface area contributed by atoms with Gasteiger partial charge in [0.05, 0.1) is 17.4 Å². The third kappa shape index (κ3) is 4.83. The maximum Gasteiger partial charge on any atom is 0.264 e. The number of pyridine rings is 1. The number of nitrogens with one attached hydrogen (secondary N) is 1. The van der Waals surface area contributed by atoms with Crippen LogP contribution in [0.3, 0.4) is 0 Å². The topological polar surface area (TPSA) is 112 Å². The standard InChI is InChI=1S/C26H36N4O5S/c1-17(2)30-24-7-4-3-6-18(24)12-23(26(30)33)25(32)27-19-13-20-8-9-21(14-19)29(20)16-22(31)15-28-10-5-11-36(28,34)35/h3-4,6-7,12,17,19-22,31H,5,8-11,13-16H2,1-2H3,(H,27,32)/t19?,20-,21+,22?. The van der Waals surface area contributed by atoms with Crippen LogP contribution in [0.4, 0.5) is 0 Å². The van der Waals surface area contributed by atoms with Gasteiger partial charge < -0.3 is 15.0 Å². The van der Waals surface area contributed by atoms with Crippen molar-refractivity contribution in [3.05, 3.63) is 46.2 Å². The summed E-state index contributed by atoms with van der Waals surface area (Å²) in [5.74, 6) is -0.174. The Labute approximate surface area is 212 Å². The van der Waals surface area contributed by atoms with Gasteiger partial charge in [0.2, 0.25) is 10.0 Å². The van der Waals surface area contributed by atoms with E-state index >= 15 is 0 Å². The van der Waals surface area contributed by atoms with Gasteiger partial charge in [-0.05, 0) is 63.5 Å². The third-order valence-electron chi connectivity index (χ3n) is 7.97. The molecule has 0 spiro atoms. The Balaban J connectivity index is 1.25. The van der Waals surface area contributed by atoms with Gasteiger partial charge in [-0.15, -0.1) is 0 Å². The van der Waals surface area contributed by atoms with E-state index in [1.807, 2.05) is 38.1 Å². The lowest BCUT2D eigenvalue weighted by Gasteiger charge is -2.40. The van der Waals surface area contributed by atoms with Gasteiger partial charge in [-0.1, -0.05) is 18.2 Å². The van der Waals surface area contributed by atoms with Crippen LogP contribution in [-0.4, -0.2) is 82.8 Å². The fourth-order valence-corrected chi connectivity index (χ4v) is 7.91. The largest absolute Gasteiger partial charge is 0.390 e. The molecule has 4 heterocycles. The Morgan fingerprint density at radius 2 is 1.83 bits per heavy atom. The molecule has 10 heteroatoms. The number of aromatic nitrogens is 1. The highest BCUT2D eigenvalue weighted by Crippen LogP contribution is 2.36. The van der Waals surface area contributed by atoms with Crippen molar-refractivity contribution in [3.8, 4) is 0 Å². The number of rotatable bonds is 7. The summed E-state index contributed by atoms with van der Waals surface area (Å²) in [6, 6.07) is 9.65. The minimum atomic E-state index is -3.23. The first kappa shape index (κ1) is 25.4. The fourth-order valence-electron chi connectivity index (χ4n) is 6.35. The smallest absolute Gasteiger partial charge is 0.264 e. The number of hydrogen-bond donors (Lipinski definition) is 2. The molecule has 1 amide bonds. The molecule has 36 heavy (non-hydrogen) atoms. The summed E-state index contributed by atoms with van der Waals surface area (Å²) in [7, 11) is -3.23. The quantitative estimate of drug-likeness (QED) is 0.580. The van der Waals surface area contributed by atoms with Crippen molar-refractivity contribution in [2.24, 2.45) is 0 Å². The Bertz CT molecular complexity index is 1290. The van der Waals surface area contributed by atoms with E-state index in [0.29, 0.717) is 19.5 Å². The fraction of sp³-hybridized carbons (Fsp3) is 0.615. The first-order valence-electron chi connectivity index (χ1n) is 13.0. The molecule has 0 radical (unpaired) electrons. The van der Waals surface area contributed by atoms with Crippen molar-refractivity contribution in [2.75, 3.05) is 25.4 Å². The minimum Gasteiger partial charge on any atom is -0.390 e. The maximum absolute atomic E-state index is 13.3. The highest BCUT2D eigenvalue weighted by molar-refractivity contribution is 7.89. The first-order chi connectivity index (χ1) is 17.1. The summed E-state index contributed by atoms with van der Waals surface area (Å²) < 4.78 is 27.3. The maximum atomic E-state index is 13.3. The summed E-state index contributed by atoms with van der Waals surface area (Å²) in [5, 5.41) is 14.6. The molecule has 5 rings (SSSR count). The van der Waals surface area contributed by atoms with Crippen molar-refractivity contribution < 1.29 is 18.3 Å². The molecule has 2 N–H and O–H groups in total. The van der Waals surface area contributed by atoms with Gasteiger partial charge in [0, 0.05) is 43.8 Å². The van der Waals surface area contributed by atoms with Crippen LogP contribution >= 0.6 is 0 Å². The van der Waals surface area contributed by atoms with Crippen molar-refractivity contribution in [1.29, 1.82) is 0 Å². The molecule has 3 fully saturated rings. The number of fused-ring (bicyclic) bond motifs is 3. The van der Waals surface area contributed by atoms with Crippen molar-refractivity contribution >= 4 is 26.8 Å². The Kier molecular flexibility index (Phi) is 6.97. The number of carbonyl (C=O) groups excluding carboxylic acids is 1. The second kappa shape index (κ2) is 9.89. The molecule has 196 valence electrons. The Morgan fingerprint density at radius 3 is 2.47 bits per heavy atom. The first-order valence-corrected chi connectivity index (χ1v) is 14.6. The number of nitrogens with zero attached hydrogens (tertiary/aromatic N) is 3. The van der Waals surface area contributed by atoms with Gasteiger partial charge in [-0.3, -0.25) is 14.5 Å². The van der Waals surface area contributed by atoms with E-state index in [9.17, 15) is 23.1 Å². The molecule has 3 saturated heterocycles. The molecule has 2 aromatic rings. The van der Waals surface area contributed by atoms with Gasteiger partial charge >= 0.3 is 0 Å². The molecular weight excluding hydrogens is 480 g/mol. The number of para-hydroxylation sites is 1. The van der Waals surface area contributed by atoms with Crippen LogP contribution in [0.2, 0.25) is 0 Å². The third-order valence-corrected chi connectivity index (χ3v) is 9.89. The number of aliphatic hydroxyl groups is 1. The van der Waals surface area contributed by atoms with Crippen molar-refractivity contribution in [3.63, 3.8) is 0 Å². The molecule has 3 aliphatic rings. The monoisotopic (exact) mass is 516 g/mol. The van der Waals surface area contributed by atoms with E-state index in [0.717, 1.165) is 36.6 Å². The Hall–Kier alpha value is -2.27. The van der Waals surface area contributed by atoms with Crippen molar-refractivity contribution in [1.82, 2.24) is 19.1 Å². The van der Waals surface area contributed by atoms with E-state index in [2.05, 4.69) is 10.2 Å². The highest BCUT2D eigenvalue weighted by Gasteiger charge is 2.42. The number of piperidine rings is 1. The van der Waals surface area contributed by atoms with Crippen LogP contribution in [0.1, 0.15) is 62.4 Å². The molecule has 9 nitrogen and oxygen atoms in total. The molecule has 1 aromatic heterocycles. The van der Waals surface area contributed by atoms with Crippen LogP contribution in [0.15, 0.2) is 35.1 Å². The molecule has 2 bridgehead atoms. The molecule has 0 saturated carbocycles. The normalized spacial score (nSPS) is 27.1. The minimum absolute atomic E-state index is 0.0410. The number of β-amino-alcohol motifs (C(OH)–C–C–N with tert-alkyl or cyclic N) is 1. The second-order valence-electron chi connectivity index (χ2n) is 10.8.